The van der Waals surface area contributed by atoms with Gasteiger partial charge in [0, 0.05) is 24.3 Å². The lowest BCUT2D eigenvalue weighted by molar-refractivity contribution is -0.385. The molecular weight excluding hydrogens is 440 g/mol. The third-order valence-electron chi connectivity index (χ3n) is 4.37. The second-order valence-corrected chi connectivity index (χ2v) is 7.43. The number of amides is 1. The number of hydrogen-bond donors (Lipinski definition) is 1. The number of carbonyl (C=O) groups excluding carboxylic acids is 1. The highest BCUT2D eigenvalue weighted by Crippen LogP contribution is 2.29. The third kappa shape index (κ3) is 5.06. The summed E-state index contributed by atoms with van der Waals surface area (Å²) in [5.41, 5.74) is 0.705. The molecule has 156 valence electrons. The second-order valence-electron chi connectivity index (χ2n) is 6.34. The molecule has 0 aromatic heterocycles. The molecule has 3 rings (SSSR count). The summed E-state index contributed by atoms with van der Waals surface area (Å²) in [7, 11) is -0.957. The van der Waals surface area contributed by atoms with Gasteiger partial charge in [-0.25, -0.2) is 0 Å². The van der Waals surface area contributed by atoms with Crippen molar-refractivity contribution in [1.29, 1.82) is 0 Å². The zero-order valence-corrected chi connectivity index (χ0v) is 16.7. The lowest BCUT2D eigenvalue weighted by atomic mass is 9.76. The number of nitro benzene ring substituents is 2. The first kappa shape index (κ1) is 22.0. The molecule has 1 saturated heterocycles. The van der Waals surface area contributed by atoms with Crippen molar-refractivity contribution in [3.8, 4) is 0 Å². The average Bonchev–Trinajstić information content (AvgIpc) is 2.74. The van der Waals surface area contributed by atoms with E-state index in [1.807, 2.05) is 0 Å². The molecule has 1 amide bonds. The van der Waals surface area contributed by atoms with Crippen molar-refractivity contribution in [3.63, 3.8) is 0 Å². The van der Waals surface area contributed by atoms with Crippen molar-refractivity contribution >= 4 is 53.1 Å². The standard InChI is InChI=1S/C17H14BCl2N3O7/c19-16(20)17(24)21-14-9-29-18(11-2-1-3-13(8-11)23(27)28)30-15(14)10-4-6-12(7-5-10)22(25)26/h1-8,14-16H,9H2,(H,21,24)/t14-,15-/m0/s1. The summed E-state index contributed by atoms with van der Waals surface area (Å²) in [4.78, 5) is 31.5. The van der Waals surface area contributed by atoms with Crippen LogP contribution in [-0.4, -0.2) is 40.4 Å². The highest BCUT2D eigenvalue weighted by atomic mass is 35.5. The van der Waals surface area contributed by atoms with E-state index in [-0.39, 0.29) is 18.0 Å². The van der Waals surface area contributed by atoms with Crippen LogP contribution >= 0.6 is 23.2 Å². The first-order chi connectivity index (χ1) is 14.3. The summed E-state index contributed by atoms with van der Waals surface area (Å²) < 4.78 is 11.6. The van der Waals surface area contributed by atoms with Crippen molar-refractivity contribution in [3.05, 3.63) is 74.3 Å². The van der Waals surface area contributed by atoms with Gasteiger partial charge in [-0.3, -0.25) is 25.0 Å². The molecule has 2 aromatic rings. The smallest absolute Gasteiger partial charge is 0.405 e. The van der Waals surface area contributed by atoms with Crippen LogP contribution in [-0.2, 0) is 14.1 Å². The Morgan fingerprint density at radius 3 is 2.37 bits per heavy atom. The molecule has 10 nitrogen and oxygen atoms in total. The Labute approximate surface area is 180 Å². The van der Waals surface area contributed by atoms with Crippen molar-refractivity contribution in [2.24, 2.45) is 0 Å². The van der Waals surface area contributed by atoms with Crippen LogP contribution in [0.5, 0.6) is 0 Å². The van der Waals surface area contributed by atoms with E-state index in [0.717, 1.165) is 0 Å². The van der Waals surface area contributed by atoms with Crippen LogP contribution in [0.1, 0.15) is 11.7 Å². The lowest BCUT2D eigenvalue weighted by Gasteiger charge is -2.36. The molecule has 13 heteroatoms. The quantitative estimate of drug-likeness (QED) is 0.307. The zero-order valence-electron chi connectivity index (χ0n) is 15.1. The first-order valence-electron chi connectivity index (χ1n) is 8.60. The Morgan fingerprint density at radius 1 is 1.10 bits per heavy atom. The average molecular weight is 454 g/mol. The van der Waals surface area contributed by atoms with E-state index >= 15 is 0 Å². The summed E-state index contributed by atoms with van der Waals surface area (Å²) in [5, 5.41) is 24.6. The Bertz CT molecular complexity index is 961. The van der Waals surface area contributed by atoms with Gasteiger partial charge in [-0.2, -0.15) is 0 Å². The Kier molecular flexibility index (Phi) is 6.88. The lowest BCUT2D eigenvalue weighted by Crippen LogP contribution is -2.54. The fourth-order valence-corrected chi connectivity index (χ4v) is 3.09. The number of hydrogen-bond acceptors (Lipinski definition) is 7. The van der Waals surface area contributed by atoms with E-state index in [2.05, 4.69) is 5.32 Å². The number of nitrogens with one attached hydrogen (secondary N) is 1. The topological polar surface area (TPSA) is 134 Å². The van der Waals surface area contributed by atoms with E-state index in [4.69, 9.17) is 32.5 Å². The maximum absolute atomic E-state index is 12.0. The normalized spacial score (nSPS) is 18.8. The Morgan fingerprint density at radius 2 is 1.77 bits per heavy atom. The predicted molar refractivity (Wildman–Crippen MR) is 109 cm³/mol. The molecule has 1 heterocycles. The molecule has 0 radical (unpaired) electrons. The van der Waals surface area contributed by atoms with Crippen molar-refractivity contribution in [1.82, 2.24) is 5.32 Å². The van der Waals surface area contributed by atoms with E-state index in [1.54, 1.807) is 6.07 Å². The summed E-state index contributed by atoms with van der Waals surface area (Å²) in [6, 6.07) is 10.7. The van der Waals surface area contributed by atoms with Gasteiger partial charge in [-0.1, -0.05) is 35.3 Å². The number of nitro groups is 2. The molecule has 0 saturated carbocycles. The highest BCUT2D eigenvalue weighted by Gasteiger charge is 2.39. The van der Waals surface area contributed by atoms with Gasteiger partial charge in [0.15, 0.2) is 4.84 Å². The number of halogens is 2. The maximum atomic E-state index is 12.0. The summed E-state index contributed by atoms with van der Waals surface area (Å²) >= 11 is 11.2. The zero-order chi connectivity index (χ0) is 21.8. The van der Waals surface area contributed by atoms with Crippen LogP contribution in [0.2, 0.25) is 0 Å². The Hall–Kier alpha value is -2.73. The van der Waals surface area contributed by atoms with Crippen molar-refractivity contribution < 1.29 is 23.9 Å². The fraction of sp³-hybridized carbons (Fsp3) is 0.235. The molecule has 0 unspecified atom stereocenters. The molecule has 0 spiro atoms. The van der Waals surface area contributed by atoms with E-state index in [9.17, 15) is 25.0 Å². The summed E-state index contributed by atoms with van der Waals surface area (Å²) in [5.74, 6) is -0.656. The van der Waals surface area contributed by atoms with Crippen molar-refractivity contribution in [2.45, 2.75) is 17.0 Å². The molecular formula is C17H14BCl2N3O7. The Balaban J connectivity index is 1.89. The number of benzene rings is 2. The first-order valence-corrected chi connectivity index (χ1v) is 9.48. The molecule has 0 bridgehead atoms. The predicted octanol–water partition coefficient (Wildman–Crippen LogP) is 2.27. The SMILES string of the molecule is O=C(N[C@H]1COB(c2cccc([N+](=O)[O-])c2)O[C@H]1c1ccc([N+](=O)[O-])cc1)C(Cl)Cl. The molecule has 2 atom stereocenters. The molecule has 1 aliphatic heterocycles. The van der Waals surface area contributed by atoms with Crippen LogP contribution in [0.3, 0.4) is 0 Å². The molecule has 1 fully saturated rings. The van der Waals surface area contributed by atoms with Crippen LogP contribution in [0.15, 0.2) is 48.5 Å². The fourth-order valence-electron chi connectivity index (χ4n) is 2.97. The molecule has 1 aliphatic rings. The molecule has 0 aliphatic carbocycles. The minimum Gasteiger partial charge on any atom is -0.405 e. The largest absolute Gasteiger partial charge is 0.494 e. The van der Waals surface area contributed by atoms with Crippen LogP contribution in [0.4, 0.5) is 11.4 Å². The summed E-state index contributed by atoms with van der Waals surface area (Å²) in [6.45, 7) is -0.0126. The highest BCUT2D eigenvalue weighted by molar-refractivity contribution is 6.61. The van der Waals surface area contributed by atoms with Crippen molar-refractivity contribution in [2.75, 3.05) is 6.61 Å². The minimum absolute atomic E-state index is 0.0126. The van der Waals surface area contributed by atoms with Crippen LogP contribution in [0, 0.1) is 20.2 Å². The van der Waals surface area contributed by atoms with Gasteiger partial charge in [0.05, 0.1) is 28.6 Å². The number of rotatable bonds is 6. The van der Waals surface area contributed by atoms with E-state index in [1.165, 1.54) is 42.5 Å². The number of nitrogens with zero attached hydrogens (tertiary/aromatic N) is 2. The van der Waals surface area contributed by atoms with Gasteiger partial charge < -0.3 is 14.6 Å². The van der Waals surface area contributed by atoms with Gasteiger partial charge in [0.25, 0.3) is 17.3 Å². The van der Waals surface area contributed by atoms with Gasteiger partial charge in [-0.05, 0) is 23.2 Å². The number of carbonyl (C=O) groups is 1. The molecule has 1 N–H and O–H groups in total. The van der Waals surface area contributed by atoms with Gasteiger partial charge in [0.2, 0.25) is 0 Å². The monoisotopic (exact) mass is 453 g/mol. The third-order valence-corrected chi connectivity index (χ3v) is 4.77. The van der Waals surface area contributed by atoms with E-state index in [0.29, 0.717) is 11.0 Å². The maximum Gasteiger partial charge on any atom is 0.494 e. The van der Waals surface area contributed by atoms with Gasteiger partial charge >= 0.3 is 7.12 Å². The second kappa shape index (κ2) is 9.39. The number of alkyl halides is 2. The number of non-ortho nitro benzene ring substituents is 2. The van der Waals surface area contributed by atoms with Crippen LogP contribution < -0.4 is 10.8 Å². The molecule has 2 aromatic carbocycles. The van der Waals surface area contributed by atoms with Gasteiger partial charge in [-0.15, -0.1) is 0 Å². The van der Waals surface area contributed by atoms with E-state index < -0.39 is 39.9 Å². The van der Waals surface area contributed by atoms with Gasteiger partial charge in [0.1, 0.15) is 0 Å². The minimum atomic E-state index is -1.31. The van der Waals surface area contributed by atoms with Crippen LogP contribution in [0.25, 0.3) is 0 Å². The summed E-state index contributed by atoms with van der Waals surface area (Å²) in [6.07, 6.45) is -0.778. The molecule has 30 heavy (non-hydrogen) atoms.